The van der Waals surface area contributed by atoms with Crippen LogP contribution in [0.5, 0.6) is 0 Å². The van der Waals surface area contributed by atoms with Crippen LogP contribution in [0.3, 0.4) is 0 Å². The highest BCUT2D eigenvalue weighted by molar-refractivity contribution is 7.99. The molecule has 0 aromatic carbocycles. The van der Waals surface area contributed by atoms with Gasteiger partial charge < -0.3 is 5.73 Å². The Kier molecular flexibility index (Phi) is 4.31. The van der Waals surface area contributed by atoms with Gasteiger partial charge in [-0.2, -0.15) is 11.8 Å². The topological polar surface area (TPSA) is 26.0 Å². The van der Waals surface area contributed by atoms with Crippen molar-refractivity contribution in [1.82, 2.24) is 0 Å². The number of unbranched alkanes of at least 4 members (excludes halogenated alkanes) is 1. The molecule has 0 aromatic rings. The number of thioether (sulfide) groups is 1. The molecule has 1 aliphatic rings. The van der Waals surface area contributed by atoms with Gasteiger partial charge in [0.1, 0.15) is 0 Å². The third-order valence-corrected chi connectivity index (χ3v) is 3.38. The molecule has 1 aliphatic carbocycles. The number of hydrogen-bond donors (Lipinski definition) is 1. The van der Waals surface area contributed by atoms with Crippen molar-refractivity contribution in [3.8, 4) is 0 Å². The SMILES string of the molecule is CCCCSCC(N)C1CC1. The normalized spacial score (nSPS) is 20.2. The zero-order valence-corrected chi connectivity index (χ0v) is 8.20. The van der Waals surface area contributed by atoms with Crippen molar-refractivity contribution in [3.63, 3.8) is 0 Å². The van der Waals surface area contributed by atoms with Gasteiger partial charge in [0.05, 0.1) is 0 Å². The molecule has 66 valence electrons. The minimum Gasteiger partial charge on any atom is -0.327 e. The van der Waals surface area contributed by atoms with E-state index in [1.165, 1.54) is 37.2 Å². The first-order chi connectivity index (χ1) is 5.34. The summed E-state index contributed by atoms with van der Waals surface area (Å²) < 4.78 is 0. The predicted molar refractivity (Wildman–Crippen MR) is 52.9 cm³/mol. The van der Waals surface area contributed by atoms with Crippen molar-refractivity contribution in [3.05, 3.63) is 0 Å². The van der Waals surface area contributed by atoms with E-state index in [2.05, 4.69) is 6.92 Å². The molecule has 0 aliphatic heterocycles. The minimum atomic E-state index is 0.497. The highest BCUT2D eigenvalue weighted by Crippen LogP contribution is 2.32. The standard InChI is InChI=1S/C9H19NS/c1-2-3-6-11-7-9(10)8-4-5-8/h8-9H,2-7,10H2,1H3. The second-order valence-corrected chi connectivity index (χ2v) is 4.58. The fourth-order valence-corrected chi connectivity index (χ4v) is 2.33. The lowest BCUT2D eigenvalue weighted by Gasteiger charge is -2.08. The molecule has 2 N–H and O–H groups in total. The zero-order chi connectivity index (χ0) is 8.10. The Hall–Kier alpha value is 0.310. The highest BCUT2D eigenvalue weighted by atomic mass is 32.2. The van der Waals surface area contributed by atoms with E-state index in [0.717, 1.165) is 5.92 Å². The summed E-state index contributed by atoms with van der Waals surface area (Å²) in [7, 11) is 0. The summed E-state index contributed by atoms with van der Waals surface area (Å²) in [6.45, 7) is 2.24. The molecule has 1 nitrogen and oxygen atoms in total. The molecule has 0 aromatic heterocycles. The minimum absolute atomic E-state index is 0.497. The predicted octanol–water partition coefficient (Wildman–Crippen LogP) is 2.26. The van der Waals surface area contributed by atoms with Gasteiger partial charge in [-0.1, -0.05) is 13.3 Å². The van der Waals surface area contributed by atoms with E-state index in [9.17, 15) is 0 Å². The van der Waals surface area contributed by atoms with Crippen LogP contribution in [0.1, 0.15) is 32.6 Å². The average molecular weight is 173 g/mol. The van der Waals surface area contributed by atoms with Crippen LogP contribution >= 0.6 is 11.8 Å². The van der Waals surface area contributed by atoms with Gasteiger partial charge in [0.25, 0.3) is 0 Å². The summed E-state index contributed by atoms with van der Waals surface area (Å²) in [5.74, 6) is 3.37. The third-order valence-electron chi connectivity index (χ3n) is 2.18. The molecule has 1 unspecified atom stereocenters. The van der Waals surface area contributed by atoms with Crippen molar-refractivity contribution in [2.24, 2.45) is 11.7 Å². The van der Waals surface area contributed by atoms with Crippen LogP contribution in [0, 0.1) is 5.92 Å². The van der Waals surface area contributed by atoms with Crippen molar-refractivity contribution < 1.29 is 0 Å². The van der Waals surface area contributed by atoms with Crippen LogP contribution in [0.15, 0.2) is 0 Å². The first-order valence-corrected chi connectivity index (χ1v) is 5.83. The number of nitrogens with two attached hydrogens (primary N) is 1. The Morgan fingerprint density at radius 3 is 2.82 bits per heavy atom. The molecule has 0 amide bonds. The first kappa shape index (κ1) is 9.40. The Bertz CT molecular complexity index is 102. The largest absolute Gasteiger partial charge is 0.327 e. The smallest absolute Gasteiger partial charge is 0.0158 e. The second-order valence-electron chi connectivity index (χ2n) is 3.43. The summed E-state index contributed by atoms with van der Waals surface area (Å²) in [5, 5.41) is 0. The van der Waals surface area contributed by atoms with Crippen molar-refractivity contribution in [2.45, 2.75) is 38.6 Å². The fourth-order valence-electron chi connectivity index (χ4n) is 1.13. The van der Waals surface area contributed by atoms with Gasteiger partial charge in [0, 0.05) is 11.8 Å². The summed E-state index contributed by atoms with van der Waals surface area (Å²) in [4.78, 5) is 0. The quantitative estimate of drug-likeness (QED) is 0.623. The lowest BCUT2D eigenvalue weighted by molar-refractivity contribution is 0.658. The molecule has 2 heteroatoms. The van der Waals surface area contributed by atoms with Crippen LogP contribution in [-0.2, 0) is 0 Å². The Balaban J connectivity index is 1.85. The molecule has 0 bridgehead atoms. The monoisotopic (exact) mass is 173 g/mol. The van der Waals surface area contributed by atoms with Gasteiger partial charge in [0.15, 0.2) is 0 Å². The lowest BCUT2D eigenvalue weighted by atomic mass is 10.2. The molecular weight excluding hydrogens is 154 g/mol. The fraction of sp³-hybridized carbons (Fsp3) is 1.00. The average Bonchev–Trinajstić information content (AvgIpc) is 2.79. The number of hydrogen-bond acceptors (Lipinski definition) is 2. The van der Waals surface area contributed by atoms with Gasteiger partial charge in [-0.05, 0) is 30.9 Å². The van der Waals surface area contributed by atoms with E-state index in [1.54, 1.807) is 0 Å². The van der Waals surface area contributed by atoms with Gasteiger partial charge in [-0.15, -0.1) is 0 Å². The van der Waals surface area contributed by atoms with Crippen LogP contribution in [-0.4, -0.2) is 17.5 Å². The van der Waals surface area contributed by atoms with E-state index < -0.39 is 0 Å². The van der Waals surface area contributed by atoms with Crippen LogP contribution in [0.25, 0.3) is 0 Å². The van der Waals surface area contributed by atoms with Gasteiger partial charge in [-0.25, -0.2) is 0 Å². The van der Waals surface area contributed by atoms with E-state index in [4.69, 9.17) is 5.73 Å². The van der Waals surface area contributed by atoms with Gasteiger partial charge >= 0.3 is 0 Å². The molecule has 1 rings (SSSR count). The Labute approximate surface area is 74.1 Å². The van der Waals surface area contributed by atoms with Crippen LogP contribution in [0.4, 0.5) is 0 Å². The van der Waals surface area contributed by atoms with Crippen molar-refractivity contribution in [2.75, 3.05) is 11.5 Å². The third kappa shape index (κ3) is 4.02. The van der Waals surface area contributed by atoms with Crippen LogP contribution in [0.2, 0.25) is 0 Å². The maximum Gasteiger partial charge on any atom is 0.0158 e. The van der Waals surface area contributed by atoms with E-state index in [1.807, 2.05) is 11.8 Å². The first-order valence-electron chi connectivity index (χ1n) is 4.68. The maximum atomic E-state index is 5.94. The maximum absolute atomic E-state index is 5.94. The van der Waals surface area contributed by atoms with Gasteiger partial charge in [0.2, 0.25) is 0 Å². The van der Waals surface area contributed by atoms with Crippen LogP contribution < -0.4 is 5.73 Å². The molecule has 0 heterocycles. The highest BCUT2D eigenvalue weighted by Gasteiger charge is 2.27. The molecular formula is C9H19NS. The molecule has 1 saturated carbocycles. The summed E-state index contributed by atoms with van der Waals surface area (Å²) in [6.07, 6.45) is 5.43. The van der Waals surface area contributed by atoms with E-state index >= 15 is 0 Å². The molecule has 11 heavy (non-hydrogen) atoms. The zero-order valence-electron chi connectivity index (χ0n) is 7.38. The molecule has 0 saturated heterocycles. The summed E-state index contributed by atoms with van der Waals surface area (Å²) >= 11 is 2.03. The van der Waals surface area contributed by atoms with E-state index in [-0.39, 0.29) is 0 Å². The molecule has 1 fully saturated rings. The lowest BCUT2D eigenvalue weighted by Crippen LogP contribution is -2.25. The molecule has 0 spiro atoms. The summed E-state index contributed by atoms with van der Waals surface area (Å²) in [6, 6.07) is 0.497. The molecule has 1 atom stereocenters. The second kappa shape index (κ2) is 5.04. The van der Waals surface area contributed by atoms with E-state index in [0.29, 0.717) is 6.04 Å². The molecule has 0 radical (unpaired) electrons. The van der Waals surface area contributed by atoms with Gasteiger partial charge in [-0.3, -0.25) is 0 Å². The summed E-state index contributed by atoms with van der Waals surface area (Å²) in [5.41, 5.74) is 5.94. The number of rotatable bonds is 6. The van der Waals surface area contributed by atoms with Crippen molar-refractivity contribution >= 4 is 11.8 Å². The Morgan fingerprint density at radius 2 is 2.27 bits per heavy atom. The Morgan fingerprint density at radius 1 is 1.55 bits per heavy atom. The van der Waals surface area contributed by atoms with Crippen molar-refractivity contribution in [1.29, 1.82) is 0 Å².